The van der Waals surface area contributed by atoms with E-state index in [-0.39, 0.29) is 17.4 Å². The maximum atomic E-state index is 13.1. The molecule has 1 atom stereocenters. The molecular weight excluding hydrogens is 503 g/mol. The van der Waals surface area contributed by atoms with E-state index >= 15 is 0 Å². The summed E-state index contributed by atoms with van der Waals surface area (Å²) in [6.45, 7) is 3.47. The van der Waals surface area contributed by atoms with E-state index in [0.29, 0.717) is 22.2 Å². The standard InChI is InChI=1S/C31H32Cl2N2O2/c1-34(30(36)24-8-3-2-4-9-24)22-26(25-11-12-28(32)29(33)21-25)13-17-35-18-15-31(16-19-35)27-10-6-5-7-23(27)14-20-37-31/h2-12,14,20-21,26H,13,15-19,22H2,1H3/t26-/m1/s1. The summed E-state index contributed by atoms with van der Waals surface area (Å²) in [6, 6.07) is 23.8. The van der Waals surface area contributed by atoms with Gasteiger partial charge in [-0.05, 0) is 54.4 Å². The number of halogens is 2. The number of carbonyl (C=O) groups is 1. The average Bonchev–Trinajstić information content (AvgIpc) is 2.94. The van der Waals surface area contributed by atoms with Crippen LogP contribution in [0.3, 0.4) is 0 Å². The Labute approximate surface area is 229 Å². The van der Waals surface area contributed by atoms with E-state index in [1.807, 2.05) is 66.7 Å². The molecular formula is C31H32Cl2N2O2. The second-order valence-corrected chi connectivity index (χ2v) is 10.9. The van der Waals surface area contributed by atoms with E-state index in [9.17, 15) is 4.79 Å². The van der Waals surface area contributed by atoms with Crippen molar-refractivity contribution < 1.29 is 9.53 Å². The van der Waals surface area contributed by atoms with Crippen LogP contribution in [0.1, 0.15) is 52.2 Å². The van der Waals surface area contributed by atoms with Crippen LogP contribution in [0.25, 0.3) is 6.08 Å². The number of hydrogen-bond acceptors (Lipinski definition) is 3. The highest BCUT2D eigenvalue weighted by Crippen LogP contribution is 2.42. The number of piperidine rings is 1. The molecule has 2 aliphatic rings. The second-order valence-electron chi connectivity index (χ2n) is 10.1. The van der Waals surface area contributed by atoms with E-state index in [1.165, 1.54) is 11.1 Å². The summed E-state index contributed by atoms with van der Waals surface area (Å²) in [7, 11) is 1.87. The Hall–Kier alpha value is -2.79. The summed E-state index contributed by atoms with van der Waals surface area (Å²) in [6.07, 6.45) is 6.74. The molecule has 2 heterocycles. The van der Waals surface area contributed by atoms with Crippen molar-refractivity contribution in [1.82, 2.24) is 9.80 Å². The molecule has 0 aromatic heterocycles. The Balaban J connectivity index is 1.26. The van der Waals surface area contributed by atoms with Crippen LogP contribution in [0.2, 0.25) is 10.0 Å². The molecule has 6 heteroatoms. The number of nitrogens with zero attached hydrogens (tertiary/aromatic N) is 2. The number of amides is 1. The molecule has 0 radical (unpaired) electrons. The lowest BCUT2D eigenvalue weighted by Gasteiger charge is -2.43. The highest BCUT2D eigenvalue weighted by Gasteiger charge is 2.40. The van der Waals surface area contributed by atoms with E-state index in [0.717, 1.165) is 44.5 Å². The third-order valence-electron chi connectivity index (χ3n) is 7.73. The summed E-state index contributed by atoms with van der Waals surface area (Å²) in [5.41, 5.74) is 4.12. The van der Waals surface area contributed by atoms with E-state index in [4.69, 9.17) is 27.9 Å². The lowest BCUT2D eigenvalue weighted by Crippen LogP contribution is -2.45. The summed E-state index contributed by atoms with van der Waals surface area (Å²) >= 11 is 12.6. The van der Waals surface area contributed by atoms with Crippen LogP contribution in [0.5, 0.6) is 0 Å². The van der Waals surface area contributed by atoms with Crippen LogP contribution in [0.4, 0.5) is 0 Å². The normalized spacial score (nSPS) is 17.2. The molecule has 2 aliphatic heterocycles. The molecule has 1 amide bonds. The fourth-order valence-corrected chi connectivity index (χ4v) is 5.87. The molecule has 3 aromatic carbocycles. The molecule has 0 N–H and O–H groups in total. The SMILES string of the molecule is CN(C[C@@H](CCN1CCC2(CC1)OC=Cc1ccccc12)c1ccc(Cl)c(Cl)c1)C(=O)c1ccccc1. The monoisotopic (exact) mass is 534 g/mol. The Bertz CT molecular complexity index is 1270. The van der Waals surface area contributed by atoms with Gasteiger partial charge in [0, 0.05) is 56.6 Å². The number of likely N-dealkylation sites (tertiary alicyclic amines) is 1. The lowest BCUT2D eigenvalue weighted by atomic mass is 9.80. The summed E-state index contributed by atoms with van der Waals surface area (Å²) in [4.78, 5) is 17.4. The highest BCUT2D eigenvalue weighted by molar-refractivity contribution is 6.42. The van der Waals surface area contributed by atoms with Crippen LogP contribution < -0.4 is 0 Å². The van der Waals surface area contributed by atoms with Gasteiger partial charge in [0.25, 0.3) is 5.91 Å². The van der Waals surface area contributed by atoms with Gasteiger partial charge in [-0.2, -0.15) is 0 Å². The largest absolute Gasteiger partial charge is 0.490 e. The molecule has 4 nitrogen and oxygen atoms in total. The topological polar surface area (TPSA) is 32.8 Å². The second kappa shape index (κ2) is 11.3. The number of ether oxygens (including phenoxy) is 1. The van der Waals surface area contributed by atoms with Gasteiger partial charge in [0.2, 0.25) is 0 Å². The fraction of sp³-hybridized carbons (Fsp3) is 0.323. The van der Waals surface area contributed by atoms with Gasteiger partial charge >= 0.3 is 0 Å². The van der Waals surface area contributed by atoms with Crippen molar-refractivity contribution >= 4 is 35.2 Å². The van der Waals surface area contributed by atoms with E-state index < -0.39 is 0 Å². The molecule has 0 unspecified atom stereocenters. The van der Waals surface area contributed by atoms with E-state index in [1.54, 1.807) is 0 Å². The number of likely N-dealkylation sites (N-methyl/N-ethyl adjacent to an activating group) is 1. The maximum Gasteiger partial charge on any atom is 0.253 e. The minimum absolute atomic E-state index is 0.0201. The van der Waals surface area contributed by atoms with Gasteiger partial charge in [-0.1, -0.05) is 71.7 Å². The van der Waals surface area contributed by atoms with E-state index in [2.05, 4.69) is 35.2 Å². The molecule has 192 valence electrons. The van der Waals surface area contributed by atoms with Gasteiger partial charge in [-0.15, -0.1) is 0 Å². The Morgan fingerprint density at radius 1 is 1.00 bits per heavy atom. The van der Waals surface area contributed by atoms with Crippen molar-refractivity contribution in [1.29, 1.82) is 0 Å². The Kier molecular flexibility index (Phi) is 7.89. The van der Waals surface area contributed by atoms with Gasteiger partial charge in [0.05, 0.1) is 16.3 Å². The van der Waals surface area contributed by atoms with Crippen molar-refractivity contribution in [3.05, 3.63) is 111 Å². The number of rotatable bonds is 7. The minimum atomic E-state index is -0.229. The Morgan fingerprint density at radius 2 is 1.73 bits per heavy atom. The average molecular weight is 536 g/mol. The van der Waals surface area contributed by atoms with Crippen molar-refractivity contribution in [3.63, 3.8) is 0 Å². The van der Waals surface area contributed by atoms with Gasteiger partial charge in [-0.25, -0.2) is 0 Å². The van der Waals surface area contributed by atoms with Gasteiger partial charge < -0.3 is 14.5 Å². The molecule has 1 spiro atoms. The number of hydrogen-bond donors (Lipinski definition) is 0. The highest BCUT2D eigenvalue weighted by atomic mass is 35.5. The summed E-state index contributed by atoms with van der Waals surface area (Å²) in [5, 5.41) is 1.09. The number of carbonyl (C=O) groups excluding carboxylic acids is 1. The summed E-state index contributed by atoms with van der Waals surface area (Å²) in [5.74, 6) is 0.157. The predicted octanol–water partition coefficient (Wildman–Crippen LogP) is 7.23. The van der Waals surface area contributed by atoms with Gasteiger partial charge in [0.15, 0.2) is 0 Å². The van der Waals surface area contributed by atoms with Crippen LogP contribution in [0.15, 0.2) is 79.1 Å². The van der Waals surface area contributed by atoms with Gasteiger partial charge in [0.1, 0.15) is 5.60 Å². The van der Waals surface area contributed by atoms with Crippen molar-refractivity contribution in [2.45, 2.75) is 30.8 Å². The minimum Gasteiger partial charge on any atom is -0.490 e. The molecule has 5 rings (SSSR count). The molecule has 0 bridgehead atoms. The van der Waals surface area contributed by atoms with Crippen LogP contribution in [-0.2, 0) is 10.3 Å². The first-order valence-corrected chi connectivity index (χ1v) is 13.6. The van der Waals surface area contributed by atoms with Crippen LogP contribution in [0, 0.1) is 0 Å². The molecule has 0 saturated carbocycles. The Morgan fingerprint density at radius 3 is 2.49 bits per heavy atom. The van der Waals surface area contributed by atoms with Crippen molar-refractivity contribution in [3.8, 4) is 0 Å². The molecule has 37 heavy (non-hydrogen) atoms. The van der Waals surface area contributed by atoms with Crippen LogP contribution >= 0.6 is 23.2 Å². The maximum absolute atomic E-state index is 13.1. The number of fused-ring (bicyclic) bond motifs is 2. The quantitative estimate of drug-likeness (QED) is 0.320. The molecule has 0 aliphatic carbocycles. The first-order valence-electron chi connectivity index (χ1n) is 12.9. The third-order valence-corrected chi connectivity index (χ3v) is 8.47. The zero-order valence-electron chi connectivity index (χ0n) is 21.1. The van der Waals surface area contributed by atoms with Crippen LogP contribution in [-0.4, -0.2) is 48.9 Å². The number of benzene rings is 3. The van der Waals surface area contributed by atoms with Gasteiger partial charge in [-0.3, -0.25) is 4.79 Å². The van der Waals surface area contributed by atoms with Crippen molar-refractivity contribution in [2.75, 3.05) is 33.2 Å². The lowest BCUT2D eigenvalue weighted by molar-refractivity contribution is -0.0402. The molecule has 1 fully saturated rings. The predicted molar refractivity (Wildman–Crippen MR) is 151 cm³/mol. The van der Waals surface area contributed by atoms with Crippen molar-refractivity contribution in [2.24, 2.45) is 0 Å². The first kappa shape index (κ1) is 25.8. The summed E-state index contributed by atoms with van der Waals surface area (Å²) < 4.78 is 6.24. The third kappa shape index (κ3) is 5.72. The smallest absolute Gasteiger partial charge is 0.253 e. The fourth-order valence-electron chi connectivity index (χ4n) is 5.57. The zero-order valence-corrected chi connectivity index (χ0v) is 22.6. The molecule has 3 aromatic rings. The molecule has 1 saturated heterocycles. The zero-order chi connectivity index (χ0) is 25.8. The first-order chi connectivity index (χ1) is 17.9.